The van der Waals surface area contributed by atoms with Gasteiger partial charge in [0.05, 0.1) is 0 Å². The van der Waals surface area contributed by atoms with Crippen molar-refractivity contribution in [3.05, 3.63) is 24.3 Å². The molecule has 0 unspecified atom stereocenters. The first-order valence-corrected chi connectivity index (χ1v) is 6.25. The van der Waals surface area contributed by atoms with Crippen molar-refractivity contribution in [3.8, 4) is 17.1 Å². The molecule has 0 aliphatic carbocycles. The molecule has 4 N–H and O–H groups in total. The molecule has 0 bridgehead atoms. The van der Waals surface area contributed by atoms with Crippen LogP contribution >= 0.6 is 0 Å². The van der Waals surface area contributed by atoms with Crippen molar-refractivity contribution in [1.82, 2.24) is 20.5 Å². The zero-order chi connectivity index (χ0) is 14.5. The molecule has 2 rings (SSSR count). The Bertz CT molecular complexity index is 577. The quantitative estimate of drug-likeness (QED) is 0.753. The van der Waals surface area contributed by atoms with Gasteiger partial charge in [-0.05, 0) is 38.1 Å². The number of amides is 1. The van der Waals surface area contributed by atoms with Crippen LogP contribution in [0.4, 0.5) is 5.95 Å². The molecule has 0 saturated heterocycles. The van der Waals surface area contributed by atoms with E-state index < -0.39 is 0 Å². The van der Waals surface area contributed by atoms with E-state index in [0.717, 1.165) is 5.56 Å². The van der Waals surface area contributed by atoms with Crippen molar-refractivity contribution in [3.63, 3.8) is 0 Å². The van der Waals surface area contributed by atoms with Gasteiger partial charge in [-0.1, -0.05) is 0 Å². The van der Waals surface area contributed by atoms with Gasteiger partial charge >= 0.3 is 0 Å². The standard InChI is InChI=1S/C13H17N5O2/c1-8(2)15-11(19)7-20-10-5-3-9(4-6-10)12-16-13(14)18-17-12/h3-6,8H,7H2,1-2H3,(H,15,19)(H3,14,16,17,18). The van der Waals surface area contributed by atoms with Gasteiger partial charge in [-0.15, -0.1) is 5.10 Å². The maximum atomic E-state index is 11.4. The average Bonchev–Trinajstić information content (AvgIpc) is 2.83. The Kier molecular flexibility index (Phi) is 4.19. The molecule has 0 atom stereocenters. The molecular weight excluding hydrogens is 258 g/mol. The summed E-state index contributed by atoms with van der Waals surface area (Å²) in [7, 11) is 0. The number of hydrogen-bond donors (Lipinski definition) is 3. The maximum absolute atomic E-state index is 11.4. The van der Waals surface area contributed by atoms with Crippen LogP contribution in [0, 0.1) is 0 Å². The summed E-state index contributed by atoms with van der Waals surface area (Å²) in [4.78, 5) is 15.5. The fraction of sp³-hybridized carbons (Fsp3) is 0.308. The molecule has 0 aliphatic rings. The molecule has 1 heterocycles. The molecular formula is C13H17N5O2. The van der Waals surface area contributed by atoms with Gasteiger partial charge in [0.2, 0.25) is 5.95 Å². The smallest absolute Gasteiger partial charge is 0.258 e. The second kappa shape index (κ2) is 6.05. The van der Waals surface area contributed by atoms with Gasteiger partial charge in [-0.25, -0.2) is 0 Å². The van der Waals surface area contributed by atoms with Crippen LogP contribution in [-0.2, 0) is 4.79 Å². The number of aromatic nitrogens is 3. The van der Waals surface area contributed by atoms with Gasteiger partial charge in [0.25, 0.3) is 5.91 Å². The van der Waals surface area contributed by atoms with Crippen LogP contribution in [0.2, 0.25) is 0 Å². The van der Waals surface area contributed by atoms with Gasteiger partial charge in [0, 0.05) is 11.6 Å². The van der Waals surface area contributed by atoms with Crippen molar-refractivity contribution in [2.24, 2.45) is 0 Å². The van der Waals surface area contributed by atoms with Crippen molar-refractivity contribution < 1.29 is 9.53 Å². The second-order valence-corrected chi connectivity index (χ2v) is 4.58. The Hall–Kier alpha value is -2.57. The number of benzene rings is 1. The van der Waals surface area contributed by atoms with Gasteiger partial charge in [-0.2, -0.15) is 4.98 Å². The molecule has 20 heavy (non-hydrogen) atoms. The third-order valence-corrected chi connectivity index (χ3v) is 2.45. The minimum absolute atomic E-state index is 0.00716. The molecule has 7 nitrogen and oxygen atoms in total. The van der Waals surface area contributed by atoms with Gasteiger partial charge in [0.1, 0.15) is 5.75 Å². The highest BCUT2D eigenvalue weighted by Crippen LogP contribution is 2.19. The molecule has 106 valence electrons. The van der Waals surface area contributed by atoms with E-state index in [-0.39, 0.29) is 24.5 Å². The number of nitrogens with one attached hydrogen (secondary N) is 2. The number of H-pyrrole nitrogens is 1. The number of aromatic amines is 1. The van der Waals surface area contributed by atoms with Crippen LogP contribution in [0.15, 0.2) is 24.3 Å². The summed E-state index contributed by atoms with van der Waals surface area (Å²) < 4.78 is 5.38. The van der Waals surface area contributed by atoms with Crippen LogP contribution in [0.3, 0.4) is 0 Å². The summed E-state index contributed by atoms with van der Waals surface area (Å²) in [6.07, 6.45) is 0. The summed E-state index contributed by atoms with van der Waals surface area (Å²) in [5, 5.41) is 9.23. The number of nitrogens with two attached hydrogens (primary N) is 1. The van der Waals surface area contributed by atoms with Crippen molar-refractivity contribution >= 4 is 11.9 Å². The zero-order valence-corrected chi connectivity index (χ0v) is 11.4. The number of carbonyl (C=O) groups is 1. The summed E-state index contributed by atoms with van der Waals surface area (Å²) in [6, 6.07) is 7.25. The van der Waals surface area contributed by atoms with Crippen molar-refractivity contribution in [2.45, 2.75) is 19.9 Å². The Morgan fingerprint density at radius 2 is 2.10 bits per heavy atom. The summed E-state index contributed by atoms with van der Waals surface area (Å²) in [6.45, 7) is 3.79. The molecule has 7 heteroatoms. The summed E-state index contributed by atoms with van der Waals surface area (Å²) in [5.74, 6) is 1.25. The van der Waals surface area contributed by atoms with E-state index in [0.29, 0.717) is 11.6 Å². The van der Waals surface area contributed by atoms with Crippen LogP contribution < -0.4 is 15.8 Å². The van der Waals surface area contributed by atoms with E-state index in [9.17, 15) is 4.79 Å². The van der Waals surface area contributed by atoms with E-state index in [2.05, 4.69) is 20.5 Å². The molecule has 0 saturated carbocycles. The van der Waals surface area contributed by atoms with Crippen molar-refractivity contribution in [1.29, 1.82) is 0 Å². The Morgan fingerprint density at radius 1 is 1.40 bits per heavy atom. The highest BCUT2D eigenvalue weighted by molar-refractivity contribution is 5.77. The summed E-state index contributed by atoms with van der Waals surface area (Å²) in [5.41, 5.74) is 6.28. The SMILES string of the molecule is CC(C)NC(=O)COc1ccc(-c2nc(N)n[nH]2)cc1. The van der Waals surface area contributed by atoms with Crippen LogP contribution in [0.5, 0.6) is 5.75 Å². The number of rotatable bonds is 5. The van der Waals surface area contributed by atoms with E-state index >= 15 is 0 Å². The maximum Gasteiger partial charge on any atom is 0.258 e. The zero-order valence-electron chi connectivity index (χ0n) is 11.4. The summed E-state index contributed by atoms with van der Waals surface area (Å²) >= 11 is 0. The van der Waals surface area contributed by atoms with E-state index in [1.807, 2.05) is 26.0 Å². The van der Waals surface area contributed by atoms with Crippen LogP contribution in [0.1, 0.15) is 13.8 Å². The highest BCUT2D eigenvalue weighted by Gasteiger charge is 2.06. The number of carbonyl (C=O) groups excluding carboxylic acids is 1. The molecule has 1 aromatic heterocycles. The third-order valence-electron chi connectivity index (χ3n) is 2.45. The number of nitrogen functional groups attached to an aromatic ring is 1. The minimum Gasteiger partial charge on any atom is -0.484 e. The first-order valence-electron chi connectivity index (χ1n) is 6.25. The lowest BCUT2D eigenvalue weighted by Crippen LogP contribution is -2.34. The van der Waals surface area contributed by atoms with Crippen LogP contribution in [-0.4, -0.2) is 33.7 Å². The number of hydrogen-bond acceptors (Lipinski definition) is 5. The monoisotopic (exact) mass is 275 g/mol. The van der Waals surface area contributed by atoms with Gasteiger partial charge in [0.15, 0.2) is 12.4 Å². The molecule has 0 aliphatic heterocycles. The predicted molar refractivity (Wildman–Crippen MR) is 75.0 cm³/mol. The lowest BCUT2D eigenvalue weighted by Gasteiger charge is -2.09. The third kappa shape index (κ3) is 3.71. The molecule has 0 radical (unpaired) electrons. The number of nitrogens with zero attached hydrogens (tertiary/aromatic N) is 2. The first-order chi connectivity index (χ1) is 9.54. The molecule has 0 spiro atoms. The lowest BCUT2D eigenvalue weighted by atomic mass is 10.2. The van der Waals surface area contributed by atoms with E-state index in [1.54, 1.807) is 12.1 Å². The molecule has 1 aromatic carbocycles. The Labute approximate surface area is 116 Å². The average molecular weight is 275 g/mol. The normalized spacial score (nSPS) is 10.6. The van der Waals surface area contributed by atoms with Gasteiger partial charge in [-0.3, -0.25) is 9.89 Å². The predicted octanol–water partition coefficient (Wildman–Crippen LogP) is 0.957. The lowest BCUT2D eigenvalue weighted by molar-refractivity contribution is -0.123. The van der Waals surface area contributed by atoms with Crippen molar-refractivity contribution in [2.75, 3.05) is 12.3 Å². The van der Waals surface area contributed by atoms with Crippen LogP contribution in [0.25, 0.3) is 11.4 Å². The van der Waals surface area contributed by atoms with E-state index in [1.165, 1.54) is 0 Å². The molecule has 1 amide bonds. The topological polar surface area (TPSA) is 106 Å². The van der Waals surface area contributed by atoms with Gasteiger partial charge < -0.3 is 15.8 Å². The fourth-order valence-electron chi connectivity index (χ4n) is 1.63. The first kappa shape index (κ1) is 13.9. The fourth-order valence-corrected chi connectivity index (χ4v) is 1.63. The largest absolute Gasteiger partial charge is 0.484 e. The second-order valence-electron chi connectivity index (χ2n) is 4.58. The molecule has 0 fully saturated rings. The van der Waals surface area contributed by atoms with E-state index in [4.69, 9.17) is 10.5 Å². The number of ether oxygens (including phenoxy) is 1. The Balaban J connectivity index is 1.93. The minimum atomic E-state index is -0.146. The Morgan fingerprint density at radius 3 is 2.65 bits per heavy atom. The number of anilines is 1. The molecule has 2 aromatic rings. The highest BCUT2D eigenvalue weighted by atomic mass is 16.5.